The van der Waals surface area contributed by atoms with E-state index in [9.17, 15) is 10.1 Å². The molecule has 7 nitrogen and oxygen atoms in total. The van der Waals surface area contributed by atoms with Crippen molar-refractivity contribution < 1.29 is 0 Å². The highest BCUT2D eigenvalue weighted by Crippen LogP contribution is 2.44. The maximum atomic E-state index is 12.2. The Morgan fingerprint density at radius 1 is 1.06 bits per heavy atom. The van der Waals surface area contributed by atoms with E-state index in [0.717, 1.165) is 57.7 Å². The van der Waals surface area contributed by atoms with E-state index in [0.29, 0.717) is 11.1 Å². The summed E-state index contributed by atoms with van der Waals surface area (Å²) in [5, 5.41) is 15.2. The molecule has 5 rings (SSSR count). The highest BCUT2D eigenvalue weighted by molar-refractivity contribution is 5.98. The fourth-order valence-electron chi connectivity index (χ4n) is 4.55. The predicted molar refractivity (Wildman–Crippen MR) is 128 cm³/mol. The molecule has 0 fully saturated rings. The van der Waals surface area contributed by atoms with Gasteiger partial charge in [-0.25, -0.2) is 0 Å². The number of fused-ring (bicyclic) bond motifs is 2. The zero-order chi connectivity index (χ0) is 22.6. The van der Waals surface area contributed by atoms with Gasteiger partial charge in [-0.1, -0.05) is 6.07 Å². The SMILES string of the molecule is Cc1ccc2[nH]c(=O)c(C)cc2c1N1CCN(C)c2cc(-c3cnn(C)c3)c(C#N)cc21. The monoisotopic (exact) mass is 424 g/mol. The van der Waals surface area contributed by atoms with Gasteiger partial charge in [0, 0.05) is 55.5 Å². The van der Waals surface area contributed by atoms with Crippen molar-refractivity contribution in [3.05, 3.63) is 69.8 Å². The molecule has 0 amide bonds. The molecule has 1 aliphatic heterocycles. The molecule has 0 aliphatic carbocycles. The van der Waals surface area contributed by atoms with Crippen LogP contribution in [0.5, 0.6) is 0 Å². The second-order valence-electron chi connectivity index (χ2n) is 8.45. The molecular weight excluding hydrogens is 400 g/mol. The topological polar surface area (TPSA) is 81.0 Å². The van der Waals surface area contributed by atoms with Crippen molar-refractivity contribution in [3.8, 4) is 17.2 Å². The minimum atomic E-state index is -0.0704. The number of hydrogen-bond acceptors (Lipinski definition) is 5. The number of aromatic amines is 1. The molecule has 2 aromatic heterocycles. The summed E-state index contributed by atoms with van der Waals surface area (Å²) in [4.78, 5) is 19.7. The molecule has 0 atom stereocenters. The summed E-state index contributed by atoms with van der Waals surface area (Å²) in [5.41, 5.74) is 8.07. The Morgan fingerprint density at radius 3 is 2.59 bits per heavy atom. The number of nitrogens with zero attached hydrogens (tertiary/aromatic N) is 5. The maximum absolute atomic E-state index is 12.2. The molecule has 4 aromatic rings. The van der Waals surface area contributed by atoms with Crippen LogP contribution in [-0.4, -0.2) is 34.9 Å². The van der Waals surface area contributed by atoms with E-state index in [1.807, 2.05) is 44.4 Å². The van der Waals surface area contributed by atoms with Crippen LogP contribution in [0.25, 0.3) is 22.0 Å². The average molecular weight is 425 g/mol. The van der Waals surface area contributed by atoms with Gasteiger partial charge in [-0.3, -0.25) is 9.48 Å². The Bertz CT molecular complexity index is 1470. The smallest absolute Gasteiger partial charge is 0.251 e. The number of aromatic nitrogens is 3. The standard InChI is InChI=1S/C25H24N6O/c1-15-5-6-21-20(9-16(2)25(32)28-21)24(15)31-8-7-29(3)22-11-19(17(12-26)10-23(22)31)18-13-27-30(4)14-18/h5-6,9-11,13-14H,7-8H2,1-4H3,(H,28,32). The first-order valence-electron chi connectivity index (χ1n) is 10.6. The Hall–Kier alpha value is -4.05. The summed E-state index contributed by atoms with van der Waals surface area (Å²) in [7, 11) is 3.95. The molecule has 0 saturated heterocycles. The van der Waals surface area contributed by atoms with E-state index in [-0.39, 0.29) is 5.56 Å². The Morgan fingerprint density at radius 2 is 1.88 bits per heavy atom. The van der Waals surface area contributed by atoms with Crippen molar-refractivity contribution in [1.82, 2.24) is 14.8 Å². The predicted octanol–water partition coefficient (Wildman–Crippen LogP) is 4.01. The first-order chi connectivity index (χ1) is 15.4. The van der Waals surface area contributed by atoms with Gasteiger partial charge in [0.1, 0.15) is 0 Å². The van der Waals surface area contributed by atoms with Crippen molar-refractivity contribution in [1.29, 1.82) is 5.26 Å². The van der Waals surface area contributed by atoms with Crippen LogP contribution in [0.4, 0.5) is 17.1 Å². The van der Waals surface area contributed by atoms with Crippen LogP contribution in [-0.2, 0) is 7.05 Å². The van der Waals surface area contributed by atoms with Crippen molar-refractivity contribution in [2.75, 3.05) is 29.9 Å². The molecule has 0 bridgehead atoms. The molecule has 1 aliphatic rings. The third-order valence-electron chi connectivity index (χ3n) is 6.27. The van der Waals surface area contributed by atoms with Gasteiger partial charge < -0.3 is 14.8 Å². The Kier molecular flexibility index (Phi) is 4.52. The number of nitrogens with one attached hydrogen (secondary N) is 1. The number of benzene rings is 2. The van der Waals surface area contributed by atoms with E-state index >= 15 is 0 Å². The summed E-state index contributed by atoms with van der Waals surface area (Å²) < 4.78 is 1.74. The fraction of sp³-hybridized carbons (Fsp3) is 0.240. The van der Waals surface area contributed by atoms with Gasteiger partial charge in [0.15, 0.2) is 0 Å². The minimum absolute atomic E-state index is 0.0704. The molecule has 32 heavy (non-hydrogen) atoms. The fourth-order valence-corrected chi connectivity index (χ4v) is 4.55. The van der Waals surface area contributed by atoms with Crippen LogP contribution in [0, 0.1) is 25.2 Å². The molecule has 1 N–H and O–H groups in total. The van der Waals surface area contributed by atoms with Crippen LogP contribution in [0.3, 0.4) is 0 Å². The average Bonchev–Trinajstić information content (AvgIpc) is 3.21. The van der Waals surface area contributed by atoms with Gasteiger partial charge in [-0.15, -0.1) is 0 Å². The molecule has 7 heteroatoms. The van der Waals surface area contributed by atoms with Crippen LogP contribution >= 0.6 is 0 Å². The van der Waals surface area contributed by atoms with E-state index < -0.39 is 0 Å². The van der Waals surface area contributed by atoms with Crippen LogP contribution < -0.4 is 15.4 Å². The summed E-state index contributed by atoms with van der Waals surface area (Å²) >= 11 is 0. The molecule has 0 unspecified atom stereocenters. The summed E-state index contributed by atoms with van der Waals surface area (Å²) in [6.07, 6.45) is 3.72. The maximum Gasteiger partial charge on any atom is 0.251 e. The lowest BCUT2D eigenvalue weighted by atomic mass is 9.97. The minimum Gasteiger partial charge on any atom is -0.371 e. The van der Waals surface area contributed by atoms with Gasteiger partial charge >= 0.3 is 0 Å². The summed E-state index contributed by atoms with van der Waals surface area (Å²) in [6.45, 7) is 5.53. The van der Waals surface area contributed by atoms with Crippen molar-refractivity contribution in [2.45, 2.75) is 13.8 Å². The molecule has 0 spiro atoms. The number of anilines is 3. The van der Waals surface area contributed by atoms with Crippen LogP contribution in [0.1, 0.15) is 16.7 Å². The molecular formula is C25H24N6O. The second kappa shape index (κ2) is 7.27. The zero-order valence-corrected chi connectivity index (χ0v) is 18.6. The van der Waals surface area contributed by atoms with Gasteiger partial charge in [-0.2, -0.15) is 10.4 Å². The third-order valence-corrected chi connectivity index (χ3v) is 6.27. The number of rotatable bonds is 2. The number of nitriles is 1. The van der Waals surface area contributed by atoms with E-state index in [1.54, 1.807) is 10.9 Å². The van der Waals surface area contributed by atoms with Gasteiger partial charge in [0.2, 0.25) is 0 Å². The second-order valence-corrected chi connectivity index (χ2v) is 8.45. The number of aryl methyl sites for hydroxylation is 3. The first-order valence-corrected chi connectivity index (χ1v) is 10.6. The highest BCUT2D eigenvalue weighted by atomic mass is 16.1. The van der Waals surface area contributed by atoms with Crippen LogP contribution in [0.15, 0.2) is 47.5 Å². The largest absolute Gasteiger partial charge is 0.371 e. The molecule has 160 valence electrons. The lowest BCUT2D eigenvalue weighted by Crippen LogP contribution is -2.37. The quantitative estimate of drug-likeness (QED) is 0.526. The Labute approximate surface area is 186 Å². The molecule has 3 heterocycles. The van der Waals surface area contributed by atoms with Crippen molar-refractivity contribution in [3.63, 3.8) is 0 Å². The van der Waals surface area contributed by atoms with E-state index in [2.05, 4.69) is 46.0 Å². The lowest BCUT2D eigenvalue weighted by molar-refractivity contribution is 0.768. The van der Waals surface area contributed by atoms with Gasteiger partial charge in [0.25, 0.3) is 5.56 Å². The van der Waals surface area contributed by atoms with Gasteiger partial charge in [-0.05, 0) is 43.7 Å². The molecule has 0 radical (unpaired) electrons. The normalized spacial score (nSPS) is 13.3. The number of hydrogen-bond donors (Lipinski definition) is 1. The molecule has 2 aromatic carbocycles. The summed E-state index contributed by atoms with van der Waals surface area (Å²) in [5.74, 6) is 0. The lowest BCUT2D eigenvalue weighted by Gasteiger charge is -2.38. The van der Waals surface area contributed by atoms with Crippen molar-refractivity contribution >= 4 is 28.0 Å². The highest BCUT2D eigenvalue weighted by Gasteiger charge is 2.26. The number of likely N-dealkylation sites (N-methyl/N-ethyl adjacent to an activating group) is 1. The molecule has 0 saturated carbocycles. The number of pyridine rings is 1. The van der Waals surface area contributed by atoms with Crippen LogP contribution in [0.2, 0.25) is 0 Å². The van der Waals surface area contributed by atoms with Gasteiger partial charge in [0.05, 0.1) is 40.4 Å². The number of H-pyrrole nitrogens is 1. The zero-order valence-electron chi connectivity index (χ0n) is 18.6. The van der Waals surface area contributed by atoms with E-state index in [1.165, 1.54) is 0 Å². The first kappa shape index (κ1) is 19.9. The van der Waals surface area contributed by atoms with Crippen molar-refractivity contribution in [2.24, 2.45) is 7.05 Å². The summed E-state index contributed by atoms with van der Waals surface area (Å²) in [6, 6.07) is 12.4. The Balaban J connectivity index is 1.76. The third kappa shape index (κ3) is 3.04. The van der Waals surface area contributed by atoms with E-state index in [4.69, 9.17) is 0 Å².